The molecule has 2 rings (SSSR count). The van der Waals surface area contributed by atoms with Crippen molar-refractivity contribution in [2.24, 2.45) is 0 Å². The van der Waals surface area contributed by atoms with Gasteiger partial charge in [0.2, 0.25) is 0 Å². The maximum atomic E-state index is 12.0. The number of carbonyl (C=O) groups excluding carboxylic acids is 2. The second-order valence-electron chi connectivity index (χ2n) is 3.99. The first-order chi connectivity index (χ1) is 9.79. The van der Waals surface area contributed by atoms with Crippen molar-refractivity contribution in [1.82, 2.24) is 4.90 Å². The van der Waals surface area contributed by atoms with Gasteiger partial charge in [-0.25, -0.2) is 0 Å². The zero-order valence-corrected chi connectivity index (χ0v) is 14.7. The molecular weight excluding hydrogens is 477 g/mol. The van der Waals surface area contributed by atoms with Crippen molar-refractivity contribution in [3.05, 3.63) is 30.6 Å². The van der Waals surface area contributed by atoms with Crippen LogP contribution in [0.3, 0.4) is 0 Å². The molecule has 0 unspecified atom stereocenters. The lowest BCUT2D eigenvalue weighted by Gasteiger charge is -2.08. The number of hydrogen-bond acceptors (Lipinski definition) is 5. The van der Waals surface area contributed by atoms with E-state index in [4.69, 9.17) is 5.11 Å². The number of phenols is 1. The molecule has 0 saturated carbocycles. The summed E-state index contributed by atoms with van der Waals surface area (Å²) in [5, 5.41) is 18.0. The molecule has 1 fully saturated rings. The van der Waals surface area contributed by atoms with Gasteiger partial charge in [-0.2, -0.15) is 0 Å². The maximum Gasteiger partial charge on any atom is 0.323 e. The van der Waals surface area contributed by atoms with E-state index in [1.54, 1.807) is 12.1 Å². The van der Waals surface area contributed by atoms with Gasteiger partial charge < -0.3 is 10.2 Å². The fraction of sp³-hybridized carbons (Fsp3) is 0.0833. The molecule has 0 bridgehead atoms. The molecule has 6 nitrogen and oxygen atoms in total. The molecular formula is C12H7BrINO5S. The van der Waals surface area contributed by atoms with Crippen molar-refractivity contribution in [3.8, 4) is 5.75 Å². The molecule has 2 amide bonds. The van der Waals surface area contributed by atoms with Crippen molar-refractivity contribution in [3.63, 3.8) is 0 Å². The predicted molar refractivity (Wildman–Crippen MR) is 88.8 cm³/mol. The molecule has 21 heavy (non-hydrogen) atoms. The van der Waals surface area contributed by atoms with Crippen LogP contribution in [-0.2, 0) is 9.59 Å². The molecule has 1 aromatic rings. The average Bonchev–Trinajstić information content (AvgIpc) is 2.63. The first-order valence-corrected chi connectivity index (χ1v) is 8.13. The molecule has 0 spiro atoms. The fourth-order valence-corrected chi connectivity index (χ4v) is 3.99. The van der Waals surface area contributed by atoms with Crippen molar-refractivity contribution in [1.29, 1.82) is 0 Å². The van der Waals surface area contributed by atoms with E-state index in [2.05, 4.69) is 15.9 Å². The summed E-state index contributed by atoms with van der Waals surface area (Å²) in [4.78, 5) is 35.0. The third-order valence-corrected chi connectivity index (χ3v) is 4.70. The lowest BCUT2D eigenvalue weighted by Crippen LogP contribution is -2.33. The summed E-state index contributed by atoms with van der Waals surface area (Å²) in [7, 11) is 0. The minimum Gasteiger partial charge on any atom is -0.506 e. The number of aromatic hydroxyl groups is 1. The average molecular weight is 484 g/mol. The first kappa shape index (κ1) is 16.3. The number of nitrogens with zero attached hydrogens (tertiary/aromatic N) is 1. The molecule has 2 N–H and O–H groups in total. The summed E-state index contributed by atoms with van der Waals surface area (Å²) in [6, 6.07) is 3.30. The lowest BCUT2D eigenvalue weighted by atomic mass is 10.2. The molecule has 1 aromatic carbocycles. The minimum atomic E-state index is -1.27. The van der Waals surface area contributed by atoms with E-state index in [-0.39, 0.29) is 10.7 Å². The Hall–Kier alpha value is -1.07. The Balaban J connectivity index is 2.37. The highest BCUT2D eigenvalue weighted by molar-refractivity contribution is 14.1. The molecule has 0 aromatic heterocycles. The number of rotatable bonds is 3. The van der Waals surface area contributed by atoms with E-state index in [9.17, 15) is 19.5 Å². The van der Waals surface area contributed by atoms with Crippen LogP contribution in [0.4, 0.5) is 4.79 Å². The number of thioether (sulfide) groups is 1. The van der Waals surface area contributed by atoms with E-state index in [0.29, 0.717) is 30.3 Å². The number of benzene rings is 1. The third-order valence-electron chi connectivity index (χ3n) is 2.51. The summed E-state index contributed by atoms with van der Waals surface area (Å²) in [5.41, 5.74) is 0.370. The number of aliphatic carboxylic acids is 1. The van der Waals surface area contributed by atoms with E-state index in [1.165, 1.54) is 6.08 Å². The van der Waals surface area contributed by atoms with Gasteiger partial charge in [0.25, 0.3) is 11.1 Å². The highest BCUT2D eigenvalue weighted by Crippen LogP contribution is 2.36. The zero-order valence-electron chi connectivity index (χ0n) is 10.2. The highest BCUT2D eigenvalue weighted by Gasteiger charge is 2.36. The summed E-state index contributed by atoms with van der Waals surface area (Å²) in [6.07, 6.45) is 1.37. The molecule has 1 aliphatic heterocycles. The van der Waals surface area contributed by atoms with Crippen LogP contribution < -0.4 is 0 Å². The lowest BCUT2D eigenvalue weighted by molar-refractivity contribution is -0.140. The van der Waals surface area contributed by atoms with E-state index in [0.717, 1.165) is 0 Å². The van der Waals surface area contributed by atoms with Crippen molar-refractivity contribution in [2.75, 3.05) is 6.54 Å². The van der Waals surface area contributed by atoms with Gasteiger partial charge in [0.05, 0.1) is 8.48 Å². The van der Waals surface area contributed by atoms with Crippen LogP contribution in [0.5, 0.6) is 5.75 Å². The Morgan fingerprint density at radius 2 is 2.10 bits per heavy atom. The van der Waals surface area contributed by atoms with Crippen LogP contribution >= 0.6 is 50.3 Å². The van der Waals surface area contributed by atoms with Gasteiger partial charge in [0.1, 0.15) is 12.3 Å². The molecule has 1 heterocycles. The molecule has 9 heteroatoms. The number of imide groups is 1. The second kappa shape index (κ2) is 6.36. The topological polar surface area (TPSA) is 94.9 Å². The smallest absolute Gasteiger partial charge is 0.323 e. The Morgan fingerprint density at radius 1 is 1.43 bits per heavy atom. The summed E-state index contributed by atoms with van der Waals surface area (Å²) >= 11 is 5.86. The Labute approximate surface area is 145 Å². The van der Waals surface area contributed by atoms with Gasteiger partial charge in [0.15, 0.2) is 0 Å². The van der Waals surface area contributed by atoms with Crippen LogP contribution in [0.2, 0.25) is 0 Å². The first-order valence-electron chi connectivity index (χ1n) is 5.44. The van der Waals surface area contributed by atoms with Gasteiger partial charge >= 0.3 is 5.97 Å². The van der Waals surface area contributed by atoms with Crippen molar-refractivity contribution < 1.29 is 24.6 Å². The summed E-state index contributed by atoms with van der Waals surface area (Å²) in [6.45, 7) is -0.677. The minimum absolute atomic E-state index is 0.0103. The Morgan fingerprint density at radius 3 is 2.71 bits per heavy atom. The van der Waals surface area contributed by atoms with Gasteiger partial charge in [-0.3, -0.25) is 19.3 Å². The van der Waals surface area contributed by atoms with Gasteiger partial charge in [-0.1, -0.05) is 15.9 Å². The largest absolute Gasteiger partial charge is 0.506 e. The van der Waals surface area contributed by atoms with Crippen LogP contribution in [0, 0.1) is 3.57 Å². The maximum absolute atomic E-state index is 12.0. The van der Waals surface area contributed by atoms with Gasteiger partial charge in [-0.05, 0) is 52.6 Å². The van der Waals surface area contributed by atoms with Crippen LogP contribution in [0.15, 0.2) is 21.5 Å². The monoisotopic (exact) mass is 483 g/mol. The van der Waals surface area contributed by atoms with Crippen LogP contribution in [0.1, 0.15) is 5.56 Å². The van der Waals surface area contributed by atoms with Crippen molar-refractivity contribution in [2.45, 2.75) is 0 Å². The predicted octanol–water partition coefficient (Wildman–Crippen LogP) is 2.88. The fourth-order valence-electron chi connectivity index (χ4n) is 1.61. The van der Waals surface area contributed by atoms with Gasteiger partial charge in [-0.15, -0.1) is 0 Å². The molecule has 0 radical (unpaired) electrons. The quantitative estimate of drug-likeness (QED) is 0.507. The van der Waals surface area contributed by atoms with Crippen LogP contribution in [-0.4, -0.2) is 38.8 Å². The molecule has 1 saturated heterocycles. The zero-order chi connectivity index (χ0) is 15.7. The SMILES string of the molecule is O=C(O)CN1C(=O)SC(=Cc2cc(Br)cc(I)c2O)C1=O. The number of carbonyl (C=O) groups is 3. The number of halogens is 2. The number of hydrogen-bond donors (Lipinski definition) is 2. The summed E-state index contributed by atoms with van der Waals surface area (Å²) in [5.74, 6) is -1.95. The van der Waals surface area contributed by atoms with Gasteiger partial charge in [0, 0.05) is 10.0 Å². The van der Waals surface area contributed by atoms with E-state index in [1.807, 2.05) is 22.6 Å². The van der Waals surface area contributed by atoms with E-state index >= 15 is 0 Å². The molecule has 0 atom stereocenters. The molecule has 1 aliphatic rings. The number of carboxylic acids is 1. The number of phenolic OH excluding ortho intramolecular Hbond substituents is 1. The Kier molecular flexibility index (Phi) is 4.94. The third kappa shape index (κ3) is 3.58. The molecule has 0 aliphatic carbocycles. The standard InChI is InChI=1S/C12H7BrINO5S/c13-6-1-5(10(18)7(14)3-6)2-8-11(19)15(4-9(16)17)12(20)21-8/h1-3,18H,4H2,(H,16,17). The normalized spacial score (nSPS) is 16.9. The highest BCUT2D eigenvalue weighted by atomic mass is 127. The summed E-state index contributed by atoms with van der Waals surface area (Å²) < 4.78 is 1.29. The van der Waals surface area contributed by atoms with E-state index < -0.39 is 23.7 Å². The molecule has 110 valence electrons. The Bertz CT molecular complexity index is 690. The number of carboxylic acid groups (broad SMARTS) is 1. The number of amides is 2. The second-order valence-corrected chi connectivity index (χ2v) is 7.06. The van der Waals surface area contributed by atoms with Crippen molar-refractivity contribution >= 4 is 73.5 Å². The van der Waals surface area contributed by atoms with Crippen LogP contribution in [0.25, 0.3) is 6.08 Å².